The van der Waals surface area contributed by atoms with Crippen molar-refractivity contribution in [3.05, 3.63) is 57.9 Å². The van der Waals surface area contributed by atoms with Crippen LogP contribution in [0, 0.1) is 26.2 Å². The van der Waals surface area contributed by atoms with Crippen molar-refractivity contribution in [3.63, 3.8) is 0 Å². The van der Waals surface area contributed by atoms with Gasteiger partial charge in [0.15, 0.2) is 4.80 Å². The number of carbonyl (C=O) groups excluding carboxylic acids is 1. The van der Waals surface area contributed by atoms with E-state index in [1.54, 1.807) is 4.31 Å². The van der Waals surface area contributed by atoms with E-state index in [0.29, 0.717) is 23.5 Å². The van der Waals surface area contributed by atoms with E-state index in [2.05, 4.69) is 23.0 Å². The zero-order valence-corrected chi connectivity index (χ0v) is 21.4. The summed E-state index contributed by atoms with van der Waals surface area (Å²) in [6.45, 7) is 6.95. The fraction of sp³-hybridized carbons (Fsp3) is 0.385. The standard InChI is InChI=1S/C26H29N3O3S2/c1-5-14-28-23-16-18(3)19(4)17-24(23)33-26(28)27-25(30)20-10-12-22(13-11-20)34(31,32)29-15-8-7-9-21(29)6-2/h1,10-13,16-17,21H,6-9,14-15H2,2-4H3. The molecule has 0 aliphatic carbocycles. The second-order valence-electron chi connectivity index (χ2n) is 8.69. The van der Waals surface area contributed by atoms with Crippen LogP contribution in [0.15, 0.2) is 46.3 Å². The molecule has 1 atom stereocenters. The van der Waals surface area contributed by atoms with Gasteiger partial charge in [-0.2, -0.15) is 9.30 Å². The largest absolute Gasteiger partial charge is 0.305 e. The minimum atomic E-state index is -3.60. The monoisotopic (exact) mass is 495 g/mol. The fourth-order valence-corrected chi connectivity index (χ4v) is 7.28. The first-order valence-electron chi connectivity index (χ1n) is 11.5. The van der Waals surface area contributed by atoms with Gasteiger partial charge in [-0.25, -0.2) is 8.42 Å². The summed E-state index contributed by atoms with van der Waals surface area (Å²) in [5.41, 5.74) is 3.59. The van der Waals surface area contributed by atoms with Crippen LogP contribution in [0.4, 0.5) is 0 Å². The topological polar surface area (TPSA) is 71.7 Å². The van der Waals surface area contributed by atoms with Crippen LogP contribution in [0.3, 0.4) is 0 Å². The van der Waals surface area contributed by atoms with Gasteiger partial charge in [-0.05, 0) is 80.6 Å². The van der Waals surface area contributed by atoms with Crippen LogP contribution >= 0.6 is 11.3 Å². The Balaban J connectivity index is 1.67. The van der Waals surface area contributed by atoms with Gasteiger partial charge < -0.3 is 4.57 Å². The van der Waals surface area contributed by atoms with Crippen molar-refractivity contribution in [1.82, 2.24) is 8.87 Å². The van der Waals surface area contributed by atoms with Crippen LogP contribution in [0.5, 0.6) is 0 Å². The van der Waals surface area contributed by atoms with Gasteiger partial charge in [0.05, 0.1) is 21.7 Å². The first-order chi connectivity index (χ1) is 16.3. The van der Waals surface area contributed by atoms with Gasteiger partial charge in [0.1, 0.15) is 0 Å². The fourth-order valence-electron chi connectivity index (χ4n) is 4.41. The van der Waals surface area contributed by atoms with Gasteiger partial charge in [-0.1, -0.05) is 30.6 Å². The average Bonchev–Trinajstić information content (AvgIpc) is 3.15. The Labute approximate surface area is 205 Å². The maximum absolute atomic E-state index is 13.2. The molecule has 34 heavy (non-hydrogen) atoms. The highest BCUT2D eigenvalue weighted by Crippen LogP contribution is 2.27. The number of aryl methyl sites for hydroxylation is 2. The third-order valence-corrected chi connectivity index (χ3v) is 9.50. The van der Waals surface area contributed by atoms with Gasteiger partial charge in [0.25, 0.3) is 5.91 Å². The number of amides is 1. The van der Waals surface area contributed by atoms with Crippen molar-refractivity contribution < 1.29 is 13.2 Å². The van der Waals surface area contributed by atoms with E-state index in [-0.39, 0.29) is 10.9 Å². The number of piperidine rings is 1. The molecule has 1 aliphatic heterocycles. The van der Waals surface area contributed by atoms with E-state index < -0.39 is 15.9 Å². The molecule has 8 heteroatoms. The number of terminal acetylenes is 1. The summed E-state index contributed by atoms with van der Waals surface area (Å²) in [5.74, 6) is 2.21. The van der Waals surface area contributed by atoms with E-state index in [4.69, 9.17) is 6.42 Å². The second-order valence-corrected chi connectivity index (χ2v) is 11.6. The van der Waals surface area contributed by atoms with E-state index in [0.717, 1.165) is 47.0 Å². The van der Waals surface area contributed by atoms with Gasteiger partial charge in [0, 0.05) is 18.2 Å². The van der Waals surface area contributed by atoms with Gasteiger partial charge in [-0.3, -0.25) is 4.79 Å². The molecule has 1 unspecified atom stereocenters. The molecule has 2 aromatic carbocycles. The number of rotatable bonds is 5. The molecule has 1 aromatic heterocycles. The molecule has 0 radical (unpaired) electrons. The molecular formula is C26H29N3O3S2. The summed E-state index contributed by atoms with van der Waals surface area (Å²) >= 11 is 1.42. The number of benzene rings is 2. The van der Waals surface area contributed by atoms with Crippen molar-refractivity contribution in [1.29, 1.82) is 0 Å². The van der Waals surface area contributed by atoms with Crippen LogP contribution in [-0.2, 0) is 16.6 Å². The van der Waals surface area contributed by atoms with Gasteiger partial charge >= 0.3 is 0 Å². The number of fused-ring (bicyclic) bond motifs is 1. The molecule has 3 aromatic rings. The number of hydrogen-bond donors (Lipinski definition) is 0. The molecule has 2 heterocycles. The van der Waals surface area contributed by atoms with E-state index in [9.17, 15) is 13.2 Å². The summed E-state index contributed by atoms with van der Waals surface area (Å²) < 4.78 is 30.9. The Morgan fingerprint density at radius 3 is 2.56 bits per heavy atom. The van der Waals surface area contributed by atoms with Crippen LogP contribution in [0.25, 0.3) is 10.2 Å². The predicted octanol–water partition coefficient (Wildman–Crippen LogP) is 4.65. The Hall–Kier alpha value is -2.73. The molecule has 1 amide bonds. The summed E-state index contributed by atoms with van der Waals surface area (Å²) in [4.78, 5) is 18.0. The van der Waals surface area contributed by atoms with E-state index in [1.807, 2.05) is 25.3 Å². The van der Waals surface area contributed by atoms with Crippen LogP contribution in [0.1, 0.15) is 54.1 Å². The molecule has 4 rings (SSSR count). The molecule has 0 bridgehead atoms. The lowest BCUT2D eigenvalue weighted by molar-refractivity contribution is 0.0997. The van der Waals surface area contributed by atoms with E-state index in [1.165, 1.54) is 35.6 Å². The smallest absolute Gasteiger partial charge is 0.279 e. The van der Waals surface area contributed by atoms with Crippen LogP contribution in [0.2, 0.25) is 0 Å². The van der Waals surface area contributed by atoms with Crippen molar-refractivity contribution in [2.45, 2.75) is 63.9 Å². The molecule has 6 nitrogen and oxygen atoms in total. The summed E-state index contributed by atoms with van der Waals surface area (Å²) in [5, 5.41) is 0. The normalized spacial score (nSPS) is 17.7. The molecule has 1 aliphatic rings. The SMILES string of the molecule is C#CCn1c(=NC(=O)c2ccc(S(=O)(=O)N3CCCCC3CC)cc2)sc2cc(C)c(C)cc21. The highest BCUT2D eigenvalue weighted by molar-refractivity contribution is 7.89. The highest BCUT2D eigenvalue weighted by Gasteiger charge is 2.32. The summed E-state index contributed by atoms with van der Waals surface area (Å²) in [6, 6.07) is 10.3. The maximum Gasteiger partial charge on any atom is 0.279 e. The Kier molecular flexibility index (Phi) is 7.08. The molecule has 0 saturated carbocycles. The lowest BCUT2D eigenvalue weighted by Crippen LogP contribution is -2.43. The first-order valence-corrected chi connectivity index (χ1v) is 13.8. The molecular weight excluding hydrogens is 466 g/mol. The van der Waals surface area contributed by atoms with Crippen molar-refractivity contribution >= 4 is 37.5 Å². The molecule has 178 valence electrons. The molecule has 1 saturated heterocycles. The number of sulfonamides is 1. The number of carbonyl (C=O) groups is 1. The first kappa shape index (κ1) is 24.4. The molecule has 1 fully saturated rings. The minimum Gasteiger partial charge on any atom is -0.305 e. The van der Waals surface area contributed by atoms with Crippen LogP contribution < -0.4 is 4.80 Å². The quantitative estimate of drug-likeness (QED) is 0.484. The Morgan fingerprint density at radius 2 is 1.88 bits per heavy atom. The van der Waals surface area contributed by atoms with Crippen molar-refractivity contribution in [2.24, 2.45) is 4.99 Å². The van der Waals surface area contributed by atoms with Gasteiger partial charge in [0.2, 0.25) is 10.0 Å². The Bertz CT molecular complexity index is 1440. The zero-order chi connectivity index (χ0) is 24.5. The highest BCUT2D eigenvalue weighted by atomic mass is 32.2. The molecule has 0 spiro atoms. The minimum absolute atomic E-state index is 0.0295. The predicted molar refractivity (Wildman–Crippen MR) is 136 cm³/mol. The third kappa shape index (κ3) is 4.61. The maximum atomic E-state index is 13.2. The number of nitrogens with zero attached hydrogens (tertiary/aromatic N) is 3. The lowest BCUT2D eigenvalue weighted by atomic mass is 10.0. The second kappa shape index (κ2) is 9.87. The number of thiazole rings is 1. The number of hydrogen-bond acceptors (Lipinski definition) is 4. The molecule has 0 N–H and O–H groups in total. The van der Waals surface area contributed by atoms with Crippen LogP contribution in [-0.4, -0.2) is 35.8 Å². The van der Waals surface area contributed by atoms with Crippen molar-refractivity contribution in [3.8, 4) is 12.3 Å². The van der Waals surface area contributed by atoms with Gasteiger partial charge in [-0.15, -0.1) is 6.42 Å². The number of aromatic nitrogens is 1. The van der Waals surface area contributed by atoms with Crippen molar-refractivity contribution in [2.75, 3.05) is 6.54 Å². The summed E-state index contributed by atoms with van der Waals surface area (Å²) in [7, 11) is -3.60. The van der Waals surface area contributed by atoms with E-state index >= 15 is 0 Å². The summed E-state index contributed by atoms with van der Waals surface area (Å²) in [6.07, 6.45) is 9.18. The lowest BCUT2D eigenvalue weighted by Gasteiger charge is -2.34. The third-order valence-electron chi connectivity index (χ3n) is 6.50. The average molecular weight is 496 g/mol. The Morgan fingerprint density at radius 1 is 1.18 bits per heavy atom. The zero-order valence-electron chi connectivity index (χ0n) is 19.7.